The first-order chi connectivity index (χ1) is 7.15. The molecule has 2 heterocycles. The second-order valence-corrected chi connectivity index (χ2v) is 4.88. The van der Waals surface area contributed by atoms with Crippen molar-refractivity contribution >= 4 is 15.9 Å². The fraction of sp³-hybridized carbons (Fsp3) is 0.545. The van der Waals surface area contributed by atoms with E-state index in [2.05, 4.69) is 39.8 Å². The van der Waals surface area contributed by atoms with Crippen LogP contribution in [-0.2, 0) is 0 Å². The molecular weight excluding hydrogens is 256 g/mol. The van der Waals surface area contributed by atoms with Crippen LogP contribution in [0.5, 0.6) is 5.88 Å². The molecule has 0 aliphatic carbocycles. The van der Waals surface area contributed by atoms with Gasteiger partial charge in [-0.1, -0.05) is 6.07 Å². The lowest BCUT2D eigenvalue weighted by atomic mass is 10.2. The third kappa shape index (κ3) is 2.69. The third-order valence-corrected chi connectivity index (χ3v) is 3.27. The molecular formula is C11H15BrN2O. The second-order valence-electron chi connectivity index (χ2n) is 4.06. The fourth-order valence-electron chi connectivity index (χ4n) is 1.85. The Bertz CT molecular complexity index is 335. The van der Waals surface area contributed by atoms with Crippen molar-refractivity contribution in [2.75, 3.05) is 13.6 Å². The lowest BCUT2D eigenvalue weighted by Crippen LogP contribution is -2.23. The summed E-state index contributed by atoms with van der Waals surface area (Å²) >= 11 is 3.33. The van der Waals surface area contributed by atoms with Crippen molar-refractivity contribution < 1.29 is 4.74 Å². The molecule has 4 heteroatoms. The van der Waals surface area contributed by atoms with E-state index in [9.17, 15) is 0 Å². The van der Waals surface area contributed by atoms with Crippen molar-refractivity contribution in [1.29, 1.82) is 0 Å². The molecule has 0 N–H and O–H groups in total. The summed E-state index contributed by atoms with van der Waals surface area (Å²) in [4.78, 5) is 6.57. The number of hydrogen-bond donors (Lipinski definition) is 0. The zero-order valence-corrected chi connectivity index (χ0v) is 10.6. The summed E-state index contributed by atoms with van der Waals surface area (Å²) in [6.45, 7) is 3.20. The zero-order valence-electron chi connectivity index (χ0n) is 8.98. The maximum Gasteiger partial charge on any atom is 0.214 e. The van der Waals surface area contributed by atoms with Crippen LogP contribution in [0.25, 0.3) is 0 Å². The molecule has 0 bridgehead atoms. The predicted molar refractivity (Wildman–Crippen MR) is 63.1 cm³/mol. The minimum atomic E-state index is 0.270. The predicted octanol–water partition coefficient (Wildman–Crippen LogP) is 2.32. The molecule has 0 spiro atoms. The molecule has 15 heavy (non-hydrogen) atoms. The van der Waals surface area contributed by atoms with E-state index in [1.165, 1.54) is 0 Å². The Morgan fingerprint density at radius 3 is 2.93 bits per heavy atom. The number of nitrogens with zero attached hydrogens (tertiary/aromatic N) is 2. The van der Waals surface area contributed by atoms with Gasteiger partial charge < -0.3 is 4.74 Å². The van der Waals surface area contributed by atoms with Gasteiger partial charge in [0, 0.05) is 25.1 Å². The van der Waals surface area contributed by atoms with Crippen LogP contribution in [-0.4, -0.2) is 35.6 Å². The Labute approximate surface area is 98.6 Å². The molecule has 0 radical (unpaired) electrons. The first-order valence-electron chi connectivity index (χ1n) is 5.14. The SMILES string of the molecule is C[C@H]1C[C@H](Oc2cccc(Br)n2)CN1C. The van der Waals surface area contributed by atoms with Gasteiger partial charge in [0.05, 0.1) is 0 Å². The number of ether oxygens (including phenoxy) is 1. The average Bonchev–Trinajstić information content (AvgIpc) is 2.45. The quantitative estimate of drug-likeness (QED) is 0.772. The highest BCUT2D eigenvalue weighted by Crippen LogP contribution is 2.21. The Morgan fingerprint density at radius 1 is 1.53 bits per heavy atom. The van der Waals surface area contributed by atoms with Crippen molar-refractivity contribution in [2.24, 2.45) is 0 Å². The zero-order chi connectivity index (χ0) is 10.8. The van der Waals surface area contributed by atoms with Gasteiger partial charge in [0.25, 0.3) is 0 Å². The topological polar surface area (TPSA) is 25.4 Å². The first kappa shape index (κ1) is 10.9. The molecule has 0 aromatic carbocycles. The van der Waals surface area contributed by atoms with E-state index in [1.807, 2.05) is 18.2 Å². The van der Waals surface area contributed by atoms with E-state index in [1.54, 1.807) is 0 Å². The van der Waals surface area contributed by atoms with Crippen molar-refractivity contribution in [2.45, 2.75) is 25.5 Å². The normalized spacial score (nSPS) is 26.9. The molecule has 2 rings (SSSR count). The van der Waals surface area contributed by atoms with Crippen LogP contribution in [0.15, 0.2) is 22.8 Å². The van der Waals surface area contributed by atoms with Crippen molar-refractivity contribution in [1.82, 2.24) is 9.88 Å². The van der Waals surface area contributed by atoms with Gasteiger partial charge in [-0.05, 0) is 36.0 Å². The fourth-order valence-corrected chi connectivity index (χ4v) is 2.17. The van der Waals surface area contributed by atoms with Crippen LogP contribution < -0.4 is 4.74 Å². The lowest BCUT2D eigenvalue weighted by molar-refractivity contribution is 0.199. The molecule has 0 unspecified atom stereocenters. The largest absolute Gasteiger partial charge is 0.473 e. The molecule has 1 aliphatic heterocycles. The number of pyridine rings is 1. The molecule has 2 atom stereocenters. The maximum atomic E-state index is 5.81. The van der Waals surface area contributed by atoms with Gasteiger partial charge in [0.2, 0.25) is 5.88 Å². The molecule has 1 aliphatic rings. The summed E-state index contributed by atoms with van der Waals surface area (Å²) in [6.07, 6.45) is 1.34. The minimum absolute atomic E-state index is 0.270. The molecule has 0 saturated carbocycles. The smallest absolute Gasteiger partial charge is 0.214 e. The van der Waals surface area contributed by atoms with Gasteiger partial charge in [0.15, 0.2) is 0 Å². The molecule has 1 saturated heterocycles. The highest BCUT2D eigenvalue weighted by Gasteiger charge is 2.27. The highest BCUT2D eigenvalue weighted by molar-refractivity contribution is 9.10. The number of aromatic nitrogens is 1. The molecule has 1 aromatic heterocycles. The first-order valence-corrected chi connectivity index (χ1v) is 5.94. The van der Waals surface area contributed by atoms with E-state index in [-0.39, 0.29) is 6.10 Å². The minimum Gasteiger partial charge on any atom is -0.473 e. The Morgan fingerprint density at radius 2 is 2.33 bits per heavy atom. The van der Waals surface area contributed by atoms with E-state index < -0.39 is 0 Å². The Hall–Kier alpha value is -0.610. The Kier molecular flexibility index (Phi) is 3.26. The summed E-state index contributed by atoms with van der Waals surface area (Å²) in [5.74, 6) is 0.705. The van der Waals surface area contributed by atoms with Gasteiger partial charge in [-0.2, -0.15) is 0 Å². The second kappa shape index (κ2) is 4.49. The van der Waals surface area contributed by atoms with Crippen molar-refractivity contribution in [3.63, 3.8) is 0 Å². The van der Waals surface area contributed by atoms with Crippen molar-refractivity contribution in [3.8, 4) is 5.88 Å². The number of likely N-dealkylation sites (tertiary alicyclic amines) is 1. The third-order valence-electron chi connectivity index (χ3n) is 2.83. The van der Waals surface area contributed by atoms with Gasteiger partial charge in [-0.25, -0.2) is 4.98 Å². The summed E-state index contributed by atoms with van der Waals surface area (Å²) in [7, 11) is 2.13. The molecule has 3 nitrogen and oxygen atoms in total. The summed E-state index contributed by atoms with van der Waals surface area (Å²) in [6, 6.07) is 6.33. The van der Waals surface area contributed by atoms with Gasteiger partial charge in [-0.3, -0.25) is 4.90 Å². The maximum absolute atomic E-state index is 5.81. The molecule has 1 fully saturated rings. The van der Waals surface area contributed by atoms with E-state index in [4.69, 9.17) is 4.74 Å². The van der Waals surface area contributed by atoms with Gasteiger partial charge in [-0.15, -0.1) is 0 Å². The van der Waals surface area contributed by atoms with Crippen LogP contribution >= 0.6 is 15.9 Å². The number of halogens is 1. The van der Waals surface area contributed by atoms with Gasteiger partial charge in [0.1, 0.15) is 10.7 Å². The summed E-state index contributed by atoms with van der Waals surface area (Å²) < 4.78 is 6.63. The van der Waals surface area contributed by atoms with Crippen LogP contribution in [0.2, 0.25) is 0 Å². The monoisotopic (exact) mass is 270 g/mol. The highest BCUT2D eigenvalue weighted by atomic mass is 79.9. The number of hydrogen-bond acceptors (Lipinski definition) is 3. The number of likely N-dealkylation sites (N-methyl/N-ethyl adjacent to an activating group) is 1. The molecule has 1 aromatic rings. The van der Waals surface area contributed by atoms with Crippen LogP contribution in [0, 0.1) is 0 Å². The summed E-state index contributed by atoms with van der Waals surface area (Å²) in [5.41, 5.74) is 0. The van der Waals surface area contributed by atoms with E-state index in [0.717, 1.165) is 17.6 Å². The van der Waals surface area contributed by atoms with Crippen LogP contribution in [0.1, 0.15) is 13.3 Å². The molecule has 82 valence electrons. The average molecular weight is 271 g/mol. The standard InChI is InChI=1S/C11H15BrN2O/c1-8-6-9(7-14(8)2)15-11-5-3-4-10(12)13-11/h3-5,8-9H,6-7H2,1-2H3/t8-,9-/m0/s1. The van der Waals surface area contributed by atoms with Gasteiger partial charge >= 0.3 is 0 Å². The van der Waals surface area contributed by atoms with Crippen LogP contribution in [0.3, 0.4) is 0 Å². The van der Waals surface area contributed by atoms with Crippen molar-refractivity contribution in [3.05, 3.63) is 22.8 Å². The Balaban J connectivity index is 1.98. The molecule has 0 amide bonds. The lowest BCUT2D eigenvalue weighted by Gasteiger charge is -2.13. The van der Waals surface area contributed by atoms with E-state index in [0.29, 0.717) is 11.9 Å². The van der Waals surface area contributed by atoms with E-state index >= 15 is 0 Å². The van der Waals surface area contributed by atoms with Crippen LogP contribution in [0.4, 0.5) is 0 Å². The number of rotatable bonds is 2. The summed E-state index contributed by atoms with van der Waals surface area (Å²) in [5, 5.41) is 0.